The summed E-state index contributed by atoms with van der Waals surface area (Å²) in [4.78, 5) is 2.81. The second-order valence-electron chi connectivity index (χ2n) is 7.13. The molecule has 0 saturated heterocycles. The lowest BCUT2D eigenvalue weighted by atomic mass is 10.1. The Morgan fingerprint density at radius 2 is 1.65 bits per heavy atom. The van der Waals surface area contributed by atoms with Crippen molar-refractivity contribution in [1.29, 1.82) is 0 Å². The van der Waals surface area contributed by atoms with Gasteiger partial charge in [0.15, 0.2) is 0 Å². The molecule has 0 aliphatic heterocycles. The second kappa shape index (κ2) is 9.78. The molecule has 0 heterocycles. The Bertz CT molecular complexity index is 230. The summed E-state index contributed by atoms with van der Waals surface area (Å²) in [6, 6.07) is 2.23. The fourth-order valence-electron chi connectivity index (χ4n) is 3.44. The summed E-state index contributed by atoms with van der Waals surface area (Å²) < 4.78 is 0. The average Bonchev–Trinajstić information content (AvgIpc) is 2.93. The van der Waals surface area contributed by atoms with Crippen LogP contribution in [0.1, 0.15) is 79.6 Å². The van der Waals surface area contributed by atoms with Gasteiger partial charge in [-0.05, 0) is 51.5 Å². The van der Waals surface area contributed by atoms with Crippen LogP contribution in [0.4, 0.5) is 0 Å². The molecule has 1 N–H and O–H groups in total. The third kappa shape index (κ3) is 6.13. The molecule has 1 unspecified atom stereocenters. The molecule has 0 spiro atoms. The summed E-state index contributed by atoms with van der Waals surface area (Å²) in [5.74, 6) is 0.818. The number of nitrogens with zero attached hydrogens (tertiary/aromatic N) is 1. The highest BCUT2D eigenvalue weighted by molar-refractivity contribution is 4.83. The molecule has 2 heteroatoms. The molecular formula is C18H38N2. The van der Waals surface area contributed by atoms with Crippen LogP contribution < -0.4 is 5.32 Å². The van der Waals surface area contributed by atoms with E-state index in [1.165, 1.54) is 51.5 Å². The lowest BCUT2D eigenvalue weighted by Crippen LogP contribution is -2.47. The van der Waals surface area contributed by atoms with E-state index in [-0.39, 0.29) is 0 Å². The Morgan fingerprint density at radius 3 is 2.15 bits per heavy atom. The van der Waals surface area contributed by atoms with Gasteiger partial charge in [0.1, 0.15) is 0 Å². The highest BCUT2D eigenvalue weighted by Crippen LogP contribution is 2.25. The number of hydrogen-bond donors (Lipinski definition) is 1. The molecule has 120 valence electrons. The molecule has 0 aromatic heterocycles. The number of hydrogen-bond acceptors (Lipinski definition) is 2. The van der Waals surface area contributed by atoms with E-state index in [1.807, 2.05) is 0 Å². The predicted octanol–water partition coefficient (Wildman–Crippen LogP) is 4.44. The van der Waals surface area contributed by atoms with Gasteiger partial charge >= 0.3 is 0 Å². The van der Waals surface area contributed by atoms with E-state index < -0.39 is 0 Å². The van der Waals surface area contributed by atoms with Gasteiger partial charge in [-0.2, -0.15) is 0 Å². The number of nitrogens with one attached hydrogen (secondary N) is 1. The van der Waals surface area contributed by atoms with Crippen LogP contribution in [0.5, 0.6) is 0 Å². The highest BCUT2D eigenvalue weighted by atomic mass is 15.2. The van der Waals surface area contributed by atoms with Crippen molar-refractivity contribution in [3.8, 4) is 0 Å². The zero-order valence-electron chi connectivity index (χ0n) is 14.6. The van der Waals surface area contributed by atoms with Crippen molar-refractivity contribution < 1.29 is 0 Å². The van der Waals surface area contributed by atoms with Gasteiger partial charge in [0.2, 0.25) is 0 Å². The smallest absolute Gasteiger partial charge is 0.0195 e. The van der Waals surface area contributed by atoms with Crippen LogP contribution in [0.15, 0.2) is 0 Å². The Kier molecular flexibility index (Phi) is 8.79. The van der Waals surface area contributed by atoms with Gasteiger partial charge in [-0.25, -0.2) is 0 Å². The molecule has 1 atom stereocenters. The number of rotatable bonds is 10. The van der Waals surface area contributed by atoms with E-state index in [2.05, 4.69) is 44.8 Å². The van der Waals surface area contributed by atoms with Crippen molar-refractivity contribution in [1.82, 2.24) is 10.2 Å². The molecule has 0 aromatic carbocycles. The first-order valence-electron chi connectivity index (χ1n) is 9.07. The molecule has 0 bridgehead atoms. The second-order valence-corrected chi connectivity index (χ2v) is 7.13. The van der Waals surface area contributed by atoms with Crippen LogP contribution >= 0.6 is 0 Å². The van der Waals surface area contributed by atoms with Crippen molar-refractivity contribution in [2.75, 3.05) is 13.1 Å². The van der Waals surface area contributed by atoms with Gasteiger partial charge < -0.3 is 5.32 Å². The van der Waals surface area contributed by atoms with Crippen molar-refractivity contribution >= 4 is 0 Å². The zero-order valence-corrected chi connectivity index (χ0v) is 14.6. The Morgan fingerprint density at radius 1 is 1.05 bits per heavy atom. The van der Waals surface area contributed by atoms with Gasteiger partial charge in [0.25, 0.3) is 0 Å². The fourth-order valence-corrected chi connectivity index (χ4v) is 3.44. The Balaban J connectivity index is 2.47. The molecule has 0 aromatic rings. The first-order chi connectivity index (χ1) is 9.58. The molecule has 1 fully saturated rings. The van der Waals surface area contributed by atoms with Crippen LogP contribution in [-0.4, -0.2) is 36.1 Å². The lowest BCUT2D eigenvalue weighted by Gasteiger charge is -2.36. The average molecular weight is 283 g/mol. The predicted molar refractivity (Wildman–Crippen MR) is 90.3 cm³/mol. The van der Waals surface area contributed by atoms with E-state index in [9.17, 15) is 0 Å². The molecule has 1 saturated carbocycles. The summed E-state index contributed by atoms with van der Waals surface area (Å²) >= 11 is 0. The monoisotopic (exact) mass is 282 g/mol. The summed E-state index contributed by atoms with van der Waals surface area (Å²) in [5.41, 5.74) is 0. The molecule has 1 rings (SSSR count). The van der Waals surface area contributed by atoms with E-state index in [0.29, 0.717) is 12.1 Å². The van der Waals surface area contributed by atoms with Gasteiger partial charge in [-0.1, -0.05) is 40.5 Å². The molecule has 0 radical (unpaired) electrons. The zero-order chi connectivity index (χ0) is 15.0. The van der Waals surface area contributed by atoms with Crippen LogP contribution in [-0.2, 0) is 0 Å². The molecule has 1 aliphatic carbocycles. The Labute approximate surface area is 127 Å². The van der Waals surface area contributed by atoms with Crippen molar-refractivity contribution in [3.05, 3.63) is 0 Å². The van der Waals surface area contributed by atoms with E-state index >= 15 is 0 Å². The van der Waals surface area contributed by atoms with Gasteiger partial charge in [0.05, 0.1) is 0 Å². The SMILES string of the molecule is CCC(CC)NCC(C)N(CCC(C)C)C1CCCC1. The van der Waals surface area contributed by atoms with Crippen LogP contribution in [0.25, 0.3) is 0 Å². The maximum atomic E-state index is 3.77. The quantitative estimate of drug-likeness (QED) is 0.637. The summed E-state index contributed by atoms with van der Waals surface area (Å²) in [7, 11) is 0. The first-order valence-corrected chi connectivity index (χ1v) is 9.07. The Hall–Kier alpha value is -0.0800. The van der Waals surface area contributed by atoms with Crippen molar-refractivity contribution in [3.63, 3.8) is 0 Å². The molecule has 20 heavy (non-hydrogen) atoms. The summed E-state index contributed by atoms with van der Waals surface area (Å²) in [6.45, 7) is 14.1. The standard InChI is InChI=1S/C18H38N2/c1-6-17(7-2)19-14-16(5)20(13-12-15(3)4)18-10-8-9-11-18/h15-19H,6-14H2,1-5H3. The highest BCUT2D eigenvalue weighted by Gasteiger charge is 2.26. The molecular weight excluding hydrogens is 244 g/mol. The van der Waals surface area contributed by atoms with Gasteiger partial charge in [0, 0.05) is 24.7 Å². The fraction of sp³-hybridized carbons (Fsp3) is 1.00. The summed E-state index contributed by atoms with van der Waals surface area (Å²) in [6.07, 6.45) is 9.56. The van der Waals surface area contributed by atoms with E-state index in [1.54, 1.807) is 0 Å². The topological polar surface area (TPSA) is 15.3 Å². The largest absolute Gasteiger partial charge is 0.312 e. The maximum Gasteiger partial charge on any atom is 0.0195 e. The third-order valence-corrected chi connectivity index (χ3v) is 5.01. The van der Waals surface area contributed by atoms with Crippen molar-refractivity contribution in [2.24, 2.45) is 5.92 Å². The minimum atomic E-state index is 0.678. The van der Waals surface area contributed by atoms with Crippen LogP contribution in [0.2, 0.25) is 0 Å². The minimum Gasteiger partial charge on any atom is -0.312 e. The van der Waals surface area contributed by atoms with Crippen LogP contribution in [0, 0.1) is 5.92 Å². The minimum absolute atomic E-state index is 0.678. The van der Waals surface area contributed by atoms with Gasteiger partial charge in [-0.3, -0.25) is 4.90 Å². The first kappa shape index (κ1) is 18.0. The van der Waals surface area contributed by atoms with Crippen molar-refractivity contribution in [2.45, 2.75) is 97.7 Å². The maximum absolute atomic E-state index is 3.77. The molecule has 2 nitrogen and oxygen atoms in total. The molecule has 1 aliphatic rings. The van der Waals surface area contributed by atoms with Crippen LogP contribution in [0.3, 0.4) is 0 Å². The van der Waals surface area contributed by atoms with Gasteiger partial charge in [-0.15, -0.1) is 0 Å². The van der Waals surface area contributed by atoms with E-state index in [4.69, 9.17) is 0 Å². The normalized spacial score (nSPS) is 18.6. The molecule has 0 amide bonds. The lowest BCUT2D eigenvalue weighted by molar-refractivity contribution is 0.132. The summed E-state index contributed by atoms with van der Waals surface area (Å²) in [5, 5.41) is 3.77. The third-order valence-electron chi connectivity index (χ3n) is 5.01. The van der Waals surface area contributed by atoms with E-state index in [0.717, 1.165) is 18.5 Å².